The standard InChI is InChI=1S/C53H60/c1-18-20-22-24-26-25-23-21-19(2)30(8)32(10)28(5,6)34(12)36(14)38(16)39(17)37(15)35(13)33(11)27(3,4)31(9)29(18,7)40(20)42(22)44(24)46(26)45(25)43(23)41(21,30)48(32,34)50(36,43)52(38,45)53(39,46)51(37,44)49(35,42)47(31,33)40/h18-26H,1-17H3/t18-,19?,20-,21+,22-,23+,24-,25+,26?,29-,30?,31+,32?,33+,34-,35+,36-,37?,38-,39?,40-,41+,42-,43+,44-,45+,46?,47+,48-,49+,50-,51+,52-,53?/m0/s1. The first-order valence-corrected chi connectivity index (χ1v) is 24.4. The summed E-state index contributed by atoms with van der Waals surface area (Å²) in [5.41, 5.74) is 18.2. The summed E-state index contributed by atoms with van der Waals surface area (Å²) in [5.74, 6) is 10.3. The van der Waals surface area contributed by atoms with E-state index in [9.17, 15) is 0 Å². The first kappa shape index (κ1) is 24.8. The number of fused-ring (bicyclic) bond motifs is 14. The molecule has 0 aromatic heterocycles. The van der Waals surface area contributed by atoms with Crippen LogP contribution >= 0.6 is 0 Å². The van der Waals surface area contributed by atoms with Crippen molar-refractivity contribution in [1.82, 2.24) is 0 Å². The SMILES string of the molecule is CC1[C@@H]2[C@@H]3[C@@H]4C5[C@@H]6[C@@H]7[C@@H]8[C@H](C)[C@@]9(C)[C@@]%10(C)C(C)(C)[C@]%11(C)[C@]%12(C)C%13(C)C%14(C)C%15%16C5([C@]65[C@@]%13%15[C@@]%126[C@]75[C@]89[C@@]%10%116)[C@]45[C@]34[C@]23C1(C)C1(C)C(C)(C)[C@@]2(C)[C@@]6(C)[C@]%14(C)[C@]%165[C@@]64[C@@]123. The Labute approximate surface area is 316 Å². The molecule has 0 radical (unpaired) electrons. The molecule has 24 aliphatic rings. The zero-order valence-corrected chi connectivity index (χ0v) is 35.7. The van der Waals surface area contributed by atoms with E-state index in [1.165, 1.54) is 29.6 Å². The van der Waals surface area contributed by atoms with Gasteiger partial charge in [0, 0.05) is 0 Å². The summed E-state index contributed by atoms with van der Waals surface area (Å²) in [6.07, 6.45) is 0. The second kappa shape index (κ2) is 3.79. The van der Waals surface area contributed by atoms with E-state index in [1.807, 2.05) is 0 Å². The molecule has 24 aliphatic carbocycles. The first-order chi connectivity index (χ1) is 24.4. The van der Waals surface area contributed by atoms with Crippen molar-refractivity contribution in [1.29, 1.82) is 0 Å². The molecular formula is C53H60. The highest BCUT2D eigenvalue weighted by Crippen LogP contribution is 3.61. The summed E-state index contributed by atoms with van der Waals surface area (Å²) in [6, 6.07) is 0. The Hall–Kier alpha value is 0. The fourth-order valence-corrected chi connectivity index (χ4v) is 47.3. The third kappa shape index (κ3) is 0.604. The van der Waals surface area contributed by atoms with Crippen LogP contribution in [0.1, 0.15) is 118 Å². The van der Waals surface area contributed by atoms with Crippen LogP contribution in [0, 0.1) is 199 Å². The topological polar surface area (TPSA) is 0 Å². The molecule has 0 nitrogen and oxygen atoms in total. The maximum Gasteiger partial charge on any atom is -0.00135 e. The lowest BCUT2D eigenvalue weighted by Gasteiger charge is -3.59. The van der Waals surface area contributed by atoms with Crippen molar-refractivity contribution >= 4 is 0 Å². The predicted octanol–water partition coefficient (Wildman–Crippen LogP) is 9.83. The molecule has 0 heterocycles. The van der Waals surface area contributed by atoms with E-state index in [2.05, 4.69) is 118 Å². The lowest BCUT2D eigenvalue weighted by atomic mass is 8.43. The van der Waals surface area contributed by atoms with Gasteiger partial charge in [-0.05, 0) is 199 Å². The van der Waals surface area contributed by atoms with Crippen LogP contribution in [-0.2, 0) is 0 Å². The monoisotopic (exact) mass is 696 g/mol. The fraction of sp³-hybridized carbons (Fsp3) is 1.00. The highest BCUT2D eigenvalue weighted by Gasteiger charge is 3.60. The minimum absolute atomic E-state index is 0.450. The Bertz CT molecular complexity index is 2670. The van der Waals surface area contributed by atoms with Crippen LogP contribution in [0.15, 0.2) is 0 Å². The van der Waals surface area contributed by atoms with Gasteiger partial charge in [-0.2, -0.15) is 0 Å². The van der Waals surface area contributed by atoms with E-state index in [1.54, 1.807) is 0 Å². The Morgan fingerprint density at radius 3 is 0.755 bits per heavy atom. The van der Waals surface area contributed by atoms with Crippen LogP contribution in [0.3, 0.4) is 0 Å². The lowest BCUT2D eigenvalue weighted by Crippen LogP contribution is -3.57. The second-order valence-corrected chi connectivity index (χ2v) is 31.9. The van der Waals surface area contributed by atoms with Gasteiger partial charge in [0.15, 0.2) is 0 Å². The molecule has 24 saturated carbocycles. The van der Waals surface area contributed by atoms with Gasteiger partial charge in [-0.3, -0.25) is 0 Å². The van der Waals surface area contributed by atoms with Crippen LogP contribution in [0.2, 0.25) is 0 Å². The quantitative estimate of drug-likeness (QED) is 0.237. The molecule has 0 heteroatoms. The van der Waals surface area contributed by atoms with Crippen LogP contribution in [0.25, 0.3) is 0 Å². The predicted molar refractivity (Wildman–Crippen MR) is 194 cm³/mol. The van der Waals surface area contributed by atoms with Gasteiger partial charge in [-0.25, -0.2) is 0 Å². The first-order valence-electron chi connectivity index (χ1n) is 24.4. The lowest BCUT2D eigenvalue weighted by molar-refractivity contribution is -1.14. The van der Waals surface area contributed by atoms with Crippen molar-refractivity contribution in [3.63, 3.8) is 0 Å². The average Bonchev–Trinajstić information content (AvgIpc) is 3.06. The fourth-order valence-electron chi connectivity index (χ4n) is 47.3. The smallest absolute Gasteiger partial charge is 0.00135 e. The van der Waals surface area contributed by atoms with Crippen LogP contribution in [-0.4, -0.2) is 0 Å². The minimum atomic E-state index is 0.450. The Balaban J connectivity index is 0.917. The third-order valence-corrected chi connectivity index (χ3v) is 41.4. The summed E-state index contributed by atoms with van der Waals surface area (Å²) >= 11 is 0. The molecule has 24 rings (SSSR count). The van der Waals surface area contributed by atoms with Crippen molar-refractivity contribution in [2.24, 2.45) is 199 Å². The summed E-state index contributed by atoms with van der Waals surface area (Å²) in [5, 5.41) is 0. The van der Waals surface area contributed by atoms with Gasteiger partial charge in [-0.1, -0.05) is 118 Å². The van der Waals surface area contributed by atoms with Crippen LogP contribution in [0.4, 0.5) is 0 Å². The third-order valence-electron chi connectivity index (χ3n) is 41.4. The molecule has 24 fully saturated rings. The summed E-state index contributed by atoms with van der Waals surface area (Å²) < 4.78 is 0. The van der Waals surface area contributed by atoms with E-state index >= 15 is 0 Å². The number of hydrogen-bond acceptors (Lipinski definition) is 0. The van der Waals surface area contributed by atoms with E-state index in [0.29, 0.717) is 81.2 Å². The van der Waals surface area contributed by atoms with Gasteiger partial charge in [0.1, 0.15) is 0 Å². The Kier molecular flexibility index (Phi) is 1.77. The molecular weight excluding hydrogens is 637 g/mol. The zero-order chi connectivity index (χ0) is 35.7. The molecule has 0 aromatic carbocycles. The second-order valence-electron chi connectivity index (χ2n) is 31.9. The van der Waals surface area contributed by atoms with Crippen molar-refractivity contribution in [3.8, 4) is 0 Å². The normalized spacial score (nSPS) is 113. The van der Waals surface area contributed by atoms with Gasteiger partial charge in [0.25, 0.3) is 0 Å². The number of hydrogen-bond donors (Lipinski definition) is 0. The van der Waals surface area contributed by atoms with Crippen LogP contribution in [0.5, 0.6) is 0 Å². The molecule has 0 bridgehead atoms. The van der Waals surface area contributed by atoms with E-state index < -0.39 is 0 Å². The largest absolute Gasteiger partial charge is 0.0616 e. The summed E-state index contributed by atoms with van der Waals surface area (Å²) in [7, 11) is 0. The maximum absolute atomic E-state index is 3.19. The molecule has 34 atom stereocenters. The summed E-state index contributed by atoms with van der Waals surface area (Å²) in [6.45, 7) is 51.2. The van der Waals surface area contributed by atoms with Gasteiger partial charge in [0.05, 0.1) is 0 Å². The minimum Gasteiger partial charge on any atom is -0.0616 e. The molecule has 14 spiro atoms. The molecule has 272 valence electrons. The van der Waals surface area contributed by atoms with E-state index in [-0.39, 0.29) is 0 Å². The molecule has 0 saturated heterocycles. The van der Waals surface area contributed by atoms with Gasteiger partial charge in [0.2, 0.25) is 0 Å². The van der Waals surface area contributed by atoms with Crippen molar-refractivity contribution in [2.75, 3.05) is 0 Å². The average molecular weight is 697 g/mol. The van der Waals surface area contributed by atoms with Crippen molar-refractivity contribution in [2.45, 2.75) is 118 Å². The highest BCUT2D eigenvalue weighted by atomic mass is 15.6. The Morgan fingerprint density at radius 2 is 0.453 bits per heavy atom. The van der Waals surface area contributed by atoms with Gasteiger partial charge >= 0.3 is 0 Å². The van der Waals surface area contributed by atoms with Gasteiger partial charge in [-0.15, -0.1) is 0 Å². The summed E-state index contributed by atoms with van der Waals surface area (Å²) in [4.78, 5) is 0. The van der Waals surface area contributed by atoms with Crippen molar-refractivity contribution in [3.05, 3.63) is 0 Å². The molecule has 8 unspecified atom stereocenters. The number of rotatable bonds is 0. The van der Waals surface area contributed by atoms with Gasteiger partial charge < -0.3 is 0 Å². The van der Waals surface area contributed by atoms with E-state index in [4.69, 9.17) is 0 Å². The molecule has 0 aliphatic heterocycles. The molecule has 53 heavy (non-hydrogen) atoms. The Morgan fingerprint density at radius 1 is 0.226 bits per heavy atom. The maximum atomic E-state index is 3.19. The molecule has 0 amide bonds. The van der Waals surface area contributed by atoms with E-state index in [0.717, 1.165) is 88.7 Å². The highest BCUT2D eigenvalue weighted by molar-refractivity contribution is 6.05. The molecule has 0 N–H and O–H groups in total. The zero-order valence-electron chi connectivity index (χ0n) is 35.7. The van der Waals surface area contributed by atoms with Crippen molar-refractivity contribution < 1.29 is 0 Å². The van der Waals surface area contributed by atoms with Crippen LogP contribution < -0.4 is 0 Å². The molecule has 0 aromatic rings.